The van der Waals surface area contributed by atoms with E-state index in [1.807, 2.05) is 32.0 Å². The van der Waals surface area contributed by atoms with E-state index in [4.69, 9.17) is 4.74 Å². The minimum Gasteiger partial charge on any atom is -0.493 e. The molecular formula is C16H23NO4. The summed E-state index contributed by atoms with van der Waals surface area (Å²) in [7, 11) is 1.35. The van der Waals surface area contributed by atoms with E-state index in [9.17, 15) is 9.59 Å². The first kappa shape index (κ1) is 17.0. The highest BCUT2D eigenvalue weighted by Gasteiger charge is 2.05. The SMILES string of the molecule is COC(=O)CCCNC(=O)CCOc1cccc(C)c1C. The molecule has 116 valence electrons. The number of carbonyl (C=O) groups is 2. The summed E-state index contributed by atoms with van der Waals surface area (Å²) in [6.45, 7) is 4.83. The van der Waals surface area contributed by atoms with Crippen molar-refractivity contribution in [3.05, 3.63) is 29.3 Å². The molecule has 5 nitrogen and oxygen atoms in total. The van der Waals surface area contributed by atoms with Crippen molar-refractivity contribution in [3.8, 4) is 5.75 Å². The van der Waals surface area contributed by atoms with Crippen molar-refractivity contribution in [2.75, 3.05) is 20.3 Å². The number of amides is 1. The van der Waals surface area contributed by atoms with Crippen molar-refractivity contribution >= 4 is 11.9 Å². The molecule has 21 heavy (non-hydrogen) atoms. The molecule has 0 atom stereocenters. The number of rotatable bonds is 8. The minimum absolute atomic E-state index is 0.0785. The molecule has 0 bridgehead atoms. The first-order valence-corrected chi connectivity index (χ1v) is 7.07. The van der Waals surface area contributed by atoms with Crippen molar-refractivity contribution in [3.63, 3.8) is 0 Å². The predicted molar refractivity (Wildman–Crippen MR) is 80.3 cm³/mol. The van der Waals surface area contributed by atoms with Crippen LogP contribution in [0.5, 0.6) is 5.75 Å². The fourth-order valence-corrected chi connectivity index (χ4v) is 1.79. The van der Waals surface area contributed by atoms with Gasteiger partial charge in [0.2, 0.25) is 5.91 Å². The largest absolute Gasteiger partial charge is 0.493 e. The van der Waals surface area contributed by atoms with Crippen LogP contribution in [0.4, 0.5) is 0 Å². The summed E-state index contributed by atoms with van der Waals surface area (Å²) in [4.78, 5) is 22.5. The van der Waals surface area contributed by atoms with Crippen LogP contribution in [-0.2, 0) is 14.3 Å². The van der Waals surface area contributed by atoms with Gasteiger partial charge in [-0.3, -0.25) is 9.59 Å². The molecular weight excluding hydrogens is 270 g/mol. The van der Waals surface area contributed by atoms with E-state index in [-0.39, 0.29) is 11.9 Å². The predicted octanol–water partition coefficient (Wildman–Crippen LogP) is 2.14. The standard InChI is InChI=1S/C16H23NO4/c1-12-6-4-7-14(13(12)2)21-11-9-15(18)17-10-5-8-16(19)20-3/h4,6-7H,5,8-11H2,1-3H3,(H,17,18). The summed E-state index contributed by atoms with van der Waals surface area (Å²) >= 11 is 0. The van der Waals surface area contributed by atoms with Gasteiger partial charge < -0.3 is 14.8 Å². The van der Waals surface area contributed by atoms with Crippen LogP contribution in [0, 0.1) is 13.8 Å². The third-order valence-corrected chi connectivity index (χ3v) is 3.25. The van der Waals surface area contributed by atoms with E-state index in [1.54, 1.807) is 0 Å². The van der Waals surface area contributed by atoms with Gasteiger partial charge in [-0.05, 0) is 37.5 Å². The normalized spacial score (nSPS) is 10.0. The van der Waals surface area contributed by atoms with Crippen LogP contribution in [-0.4, -0.2) is 32.1 Å². The van der Waals surface area contributed by atoms with Crippen LogP contribution >= 0.6 is 0 Å². The molecule has 1 N–H and O–H groups in total. The number of benzene rings is 1. The monoisotopic (exact) mass is 293 g/mol. The van der Waals surface area contributed by atoms with Gasteiger partial charge >= 0.3 is 5.97 Å². The topological polar surface area (TPSA) is 64.6 Å². The molecule has 0 aliphatic heterocycles. The molecule has 0 aliphatic carbocycles. The van der Waals surface area contributed by atoms with Crippen LogP contribution < -0.4 is 10.1 Å². The molecule has 0 unspecified atom stereocenters. The van der Waals surface area contributed by atoms with Crippen LogP contribution in [0.25, 0.3) is 0 Å². The highest BCUT2D eigenvalue weighted by Crippen LogP contribution is 2.20. The summed E-state index contributed by atoms with van der Waals surface area (Å²) in [6.07, 6.45) is 1.19. The smallest absolute Gasteiger partial charge is 0.305 e. The van der Waals surface area contributed by atoms with Gasteiger partial charge in [-0.25, -0.2) is 0 Å². The Morgan fingerprint density at radius 1 is 1.19 bits per heavy atom. The van der Waals surface area contributed by atoms with Crippen LogP contribution in [0.15, 0.2) is 18.2 Å². The van der Waals surface area contributed by atoms with E-state index < -0.39 is 0 Å². The van der Waals surface area contributed by atoms with Crippen molar-refractivity contribution in [1.29, 1.82) is 0 Å². The summed E-state index contributed by atoms with van der Waals surface area (Å²) in [5, 5.41) is 2.75. The molecule has 1 aromatic rings. The lowest BCUT2D eigenvalue weighted by atomic mass is 10.1. The first-order chi connectivity index (χ1) is 10.0. The van der Waals surface area contributed by atoms with Gasteiger partial charge in [-0.1, -0.05) is 12.1 Å². The van der Waals surface area contributed by atoms with Crippen molar-refractivity contribution in [1.82, 2.24) is 5.32 Å². The third-order valence-electron chi connectivity index (χ3n) is 3.25. The second-order valence-electron chi connectivity index (χ2n) is 4.83. The average molecular weight is 293 g/mol. The van der Waals surface area contributed by atoms with E-state index in [0.717, 1.165) is 11.3 Å². The third kappa shape index (κ3) is 6.29. The Hall–Kier alpha value is -2.04. The molecule has 0 saturated heterocycles. The summed E-state index contributed by atoms with van der Waals surface area (Å²) in [6, 6.07) is 5.86. The van der Waals surface area contributed by atoms with Crippen molar-refractivity contribution in [2.24, 2.45) is 0 Å². The quantitative estimate of drug-likeness (QED) is 0.589. The second-order valence-corrected chi connectivity index (χ2v) is 4.83. The zero-order valence-electron chi connectivity index (χ0n) is 12.9. The molecule has 5 heteroatoms. The van der Waals surface area contributed by atoms with Gasteiger partial charge in [0.05, 0.1) is 20.1 Å². The maximum atomic E-state index is 11.6. The molecule has 0 radical (unpaired) electrons. The molecule has 0 spiro atoms. The molecule has 0 aromatic heterocycles. The van der Waals surface area contributed by atoms with E-state index >= 15 is 0 Å². The number of carbonyl (C=O) groups excluding carboxylic acids is 2. The molecule has 0 heterocycles. The zero-order valence-corrected chi connectivity index (χ0v) is 12.9. The summed E-state index contributed by atoms with van der Waals surface area (Å²) in [5.41, 5.74) is 2.26. The van der Waals surface area contributed by atoms with Gasteiger partial charge in [0, 0.05) is 13.0 Å². The molecule has 0 aliphatic rings. The second kappa shape index (κ2) is 9.00. The molecule has 1 rings (SSSR count). The lowest BCUT2D eigenvalue weighted by Crippen LogP contribution is -2.26. The molecule has 1 amide bonds. The fraction of sp³-hybridized carbons (Fsp3) is 0.500. The number of nitrogens with one attached hydrogen (secondary N) is 1. The van der Waals surface area contributed by atoms with Crippen LogP contribution in [0.1, 0.15) is 30.4 Å². The number of aryl methyl sites for hydroxylation is 1. The van der Waals surface area contributed by atoms with Crippen LogP contribution in [0.2, 0.25) is 0 Å². The van der Waals surface area contributed by atoms with Gasteiger partial charge in [0.1, 0.15) is 5.75 Å². The molecule has 1 aromatic carbocycles. The van der Waals surface area contributed by atoms with Gasteiger partial charge in [0.15, 0.2) is 0 Å². The fourth-order valence-electron chi connectivity index (χ4n) is 1.79. The van der Waals surface area contributed by atoms with E-state index in [0.29, 0.717) is 32.4 Å². The maximum Gasteiger partial charge on any atom is 0.305 e. The maximum absolute atomic E-state index is 11.6. The first-order valence-electron chi connectivity index (χ1n) is 7.07. The highest BCUT2D eigenvalue weighted by atomic mass is 16.5. The Bertz CT molecular complexity index is 485. The zero-order chi connectivity index (χ0) is 15.7. The van der Waals surface area contributed by atoms with E-state index in [1.165, 1.54) is 12.7 Å². The minimum atomic E-state index is -0.262. The Balaban J connectivity index is 2.19. The molecule has 0 saturated carbocycles. The summed E-state index contributed by atoms with van der Waals surface area (Å²) in [5.74, 6) is 0.473. The Morgan fingerprint density at radius 3 is 2.67 bits per heavy atom. The summed E-state index contributed by atoms with van der Waals surface area (Å²) < 4.78 is 10.1. The lowest BCUT2D eigenvalue weighted by molar-refractivity contribution is -0.140. The molecule has 0 fully saturated rings. The van der Waals surface area contributed by atoms with E-state index in [2.05, 4.69) is 10.1 Å². The van der Waals surface area contributed by atoms with Crippen molar-refractivity contribution < 1.29 is 19.1 Å². The number of methoxy groups -OCH3 is 1. The van der Waals surface area contributed by atoms with Crippen molar-refractivity contribution in [2.45, 2.75) is 33.1 Å². The van der Waals surface area contributed by atoms with Gasteiger partial charge in [-0.2, -0.15) is 0 Å². The number of hydrogen-bond donors (Lipinski definition) is 1. The average Bonchev–Trinajstić information content (AvgIpc) is 2.47. The number of hydrogen-bond acceptors (Lipinski definition) is 4. The van der Waals surface area contributed by atoms with Gasteiger partial charge in [0.25, 0.3) is 0 Å². The lowest BCUT2D eigenvalue weighted by Gasteiger charge is -2.10. The number of esters is 1. The van der Waals surface area contributed by atoms with Gasteiger partial charge in [-0.15, -0.1) is 0 Å². The highest BCUT2D eigenvalue weighted by molar-refractivity contribution is 5.76. The number of ether oxygens (including phenoxy) is 2. The Labute approximate surface area is 125 Å². The Kier molecular flexibility index (Phi) is 7.29. The Morgan fingerprint density at radius 2 is 1.95 bits per heavy atom. The van der Waals surface area contributed by atoms with Crippen LogP contribution in [0.3, 0.4) is 0 Å².